The molecule has 2 heterocycles. The van der Waals surface area contributed by atoms with Gasteiger partial charge in [-0.25, -0.2) is 4.79 Å². The highest BCUT2D eigenvalue weighted by atomic mass is 19.4. The molecule has 0 saturated carbocycles. The van der Waals surface area contributed by atoms with E-state index >= 15 is 0 Å². The lowest BCUT2D eigenvalue weighted by Crippen LogP contribution is -2.28. The molecule has 3 rings (SSSR count). The van der Waals surface area contributed by atoms with Crippen molar-refractivity contribution in [3.05, 3.63) is 23.8 Å². The summed E-state index contributed by atoms with van der Waals surface area (Å²) in [6.45, 7) is 1.69. The van der Waals surface area contributed by atoms with Gasteiger partial charge in [-0.05, 0) is 25.1 Å². The van der Waals surface area contributed by atoms with Crippen LogP contribution in [0.3, 0.4) is 0 Å². The number of alkyl halides is 3. The van der Waals surface area contributed by atoms with Gasteiger partial charge in [0.15, 0.2) is 6.10 Å². The number of fused-ring (bicyclic) bond motifs is 2. The maximum absolute atomic E-state index is 12.3. The maximum Gasteiger partial charge on any atom is 0.573 e. The summed E-state index contributed by atoms with van der Waals surface area (Å²) >= 11 is 0. The van der Waals surface area contributed by atoms with E-state index in [0.29, 0.717) is 0 Å². The molecule has 0 aliphatic carbocycles. The van der Waals surface area contributed by atoms with Crippen LogP contribution in [-0.4, -0.2) is 30.9 Å². The Morgan fingerprint density at radius 2 is 2.18 bits per heavy atom. The Labute approximate surface area is 122 Å². The predicted molar refractivity (Wildman–Crippen MR) is 64.9 cm³/mol. The molecule has 1 aromatic rings. The molecule has 1 amide bonds. The zero-order valence-corrected chi connectivity index (χ0v) is 11.2. The summed E-state index contributed by atoms with van der Waals surface area (Å²) in [6.07, 6.45) is -6.03. The molecule has 0 radical (unpaired) electrons. The van der Waals surface area contributed by atoms with Crippen molar-refractivity contribution in [2.24, 2.45) is 0 Å². The van der Waals surface area contributed by atoms with Gasteiger partial charge in [-0.2, -0.15) is 0 Å². The predicted octanol–water partition coefficient (Wildman–Crippen LogP) is 1.69. The molecule has 1 saturated heterocycles. The summed E-state index contributed by atoms with van der Waals surface area (Å²) in [5.74, 6) is -1.86. The summed E-state index contributed by atoms with van der Waals surface area (Å²) in [6, 6.07) is 3.35. The van der Waals surface area contributed by atoms with Crippen LogP contribution in [0.5, 0.6) is 5.75 Å². The lowest BCUT2D eigenvalue weighted by Gasteiger charge is -2.10. The topological polar surface area (TPSA) is 77.2 Å². The first-order valence-corrected chi connectivity index (χ1v) is 6.34. The first-order valence-electron chi connectivity index (χ1n) is 6.34. The van der Waals surface area contributed by atoms with Crippen LogP contribution in [0.15, 0.2) is 18.2 Å². The summed E-state index contributed by atoms with van der Waals surface area (Å²) in [4.78, 5) is 23.7. The standard InChI is InChI=1S/C13H10F3NO5/c1-2-20-10(18)9-12(22-9)7-5-6(21-13(14,15)16)3-4-8(7)17-11(12)19/h3-5,9H,2H2,1H3,(H,17,19)/t9-,12+/m1/s1. The number of carbonyl (C=O) groups is 2. The second-order valence-corrected chi connectivity index (χ2v) is 4.69. The van der Waals surface area contributed by atoms with Crippen LogP contribution < -0.4 is 10.1 Å². The smallest absolute Gasteiger partial charge is 0.464 e. The van der Waals surface area contributed by atoms with Gasteiger partial charge in [-0.1, -0.05) is 0 Å². The Morgan fingerprint density at radius 1 is 1.45 bits per heavy atom. The zero-order valence-electron chi connectivity index (χ0n) is 11.2. The average molecular weight is 317 g/mol. The van der Waals surface area contributed by atoms with Crippen LogP contribution in [0.2, 0.25) is 0 Å². The number of hydrogen-bond acceptors (Lipinski definition) is 5. The normalized spacial score (nSPS) is 25.6. The summed E-state index contributed by atoms with van der Waals surface area (Å²) < 4.78 is 50.6. The zero-order chi connectivity index (χ0) is 16.1. The number of rotatable bonds is 3. The molecule has 22 heavy (non-hydrogen) atoms. The summed E-state index contributed by atoms with van der Waals surface area (Å²) in [5, 5.41) is 2.46. The van der Waals surface area contributed by atoms with Gasteiger partial charge < -0.3 is 19.5 Å². The number of epoxide rings is 1. The van der Waals surface area contributed by atoms with Gasteiger partial charge in [0.25, 0.3) is 5.91 Å². The number of esters is 1. The van der Waals surface area contributed by atoms with Crippen molar-refractivity contribution in [3.63, 3.8) is 0 Å². The number of hydrogen-bond donors (Lipinski definition) is 1. The lowest BCUT2D eigenvalue weighted by molar-refractivity contribution is -0.274. The lowest BCUT2D eigenvalue weighted by atomic mass is 9.96. The molecule has 2 atom stereocenters. The van der Waals surface area contributed by atoms with Gasteiger partial charge >= 0.3 is 12.3 Å². The summed E-state index contributed by atoms with van der Waals surface area (Å²) in [7, 11) is 0. The van der Waals surface area contributed by atoms with E-state index in [1.54, 1.807) is 6.92 Å². The summed E-state index contributed by atoms with van der Waals surface area (Å²) in [5.41, 5.74) is -1.24. The fourth-order valence-corrected chi connectivity index (χ4v) is 2.44. The van der Waals surface area contributed by atoms with E-state index < -0.39 is 35.7 Å². The van der Waals surface area contributed by atoms with Crippen molar-refractivity contribution in [3.8, 4) is 5.75 Å². The van der Waals surface area contributed by atoms with E-state index in [-0.39, 0.29) is 17.9 Å². The number of amides is 1. The molecular weight excluding hydrogens is 307 g/mol. The molecule has 9 heteroatoms. The number of anilines is 1. The van der Waals surface area contributed by atoms with Crippen LogP contribution in [0.25, 0.3) is 0 Å². The molecule has 0 aromatic heterocycles. The molecule has 0 unspecified atom stereocenters. The Hall–Kier alpha value is -2.29. The van der Waals surface area contributed by atoms with E-state index in [1.165, 1.54) is 6.07 Å². The minimum absolute atomic E-state index is 0.0977. The number of halogens is 3. The second kappa shape index (κ2) is 4.60. The van der Waals surface area contributed by atoms with Crippen molar-refractivity contribution in [1.82, 2.24) is 0 Å². The molecule has 118 valence electrons. The van der Waals surface area contributed by atoms with Crippen molar-refractivity contribution >= 4 is 17.6 Å². The van der Waals surface area contributed by atoms with E-state index in [4.69, 9.17) is 9.47 Å². The van der Waals surface area contributed by atoms with Gasteiger partial charge in [0.2, 0.25) is 5.60 Å². The molecule has 1 spiro atoms. The molecule has 2 aliphatic heterocycles. The minimum Gasteiger partial charge on any atom is -0.464 e. The van der Waals surface area contributed by atoms with Gasteiger partial charge in [-0.15, -0.1) is 13.2 Å². The number of nitrogens with one attached hydrogen (secondary N) is 1. The van der Waals surface area contributed by atoms with E-state index in [2.05, 4.69) is 10.1 Å². The van der Waals surface area contributed by atoms with Crippen molar-refractivity contribution in [1.29, 1.82) is 0 Å². The second-order valence-electron chi connectivity index (χ2n) is 4.69. The van der Waals surface area contributed by atoms with E-state index in [0.717, 1.165) is 12.1 Å². The molecule has 1 aromatic carbocycles. The van der Waals surface area contributed by atoms with Gasteiger partial charge in [0, 0.05) is 11.3 Å². The van der Waals surface area contributed by atoms with Crippen molar-refractivity contribution in [2.75, 3.05) is 11.9 Å². The van der Waals surface area contributed by atoms with Gasteiger partial charge in [-0.3, -0.25) is 4.79 Å². The average Bonchev–Trinajstić information content (AvgIpc) is 3.09. The fourth-order valence-electron chi connectivity index (χ4n) is 2.44. The maximum atomic E-state index is 12.3. The first kappa shape index (κ1) is 14.6. The molecule has 0 bridgehead atoms. The quantitative estimate of drug-likeness (QED) is 0.678. The SMILES string of the molecule is CCOC(=O)[C@H]1O[C@]12C(=O)Nc1ccc(OC(F)(F)F)cc12. The van der Waals surface area contributed by atoms with Crippen molar-refractivity contribution in [2.45, 2.75) is 25.0 Å². The highest BCUT2D eigenvalue weighted by molar-refractivity contribution is 6.11. The van der Waals surface area contributed by atoms with Crippen LogP contribution >= 0.6 is 0 Å². The van der Waals surface area contributed by atoms with E-state index in [1.807, 2.05) is 0 Å². The minimum atomic E-state index is -4.86. The van der Waals surface area contributed by atoms with E-state index in [9.17, 15) is 22.8 Å². The fraction of sp³-hybridized carbons (Fsp3) is 0.385. The molecule has 1 N–H and O–H groups in total. The Bertz CT molecular complexity index is 660. The van der Waals surface area contributed by atoms with Crippen LogP contribution in [-0.2, 0) is 24.7 Å². The van der Waals surface area contributed by atoms with Gasteiger partial charge in [0.05, 0.1) is 6.61 Å². The third-order valence-corrected chi connectivity index (χ3v) is 3.33. The van der Waals surface area contributed by atoms with Crippen molar-refractivity contribution < 1.29 is 37.0 Å². The Balaban J connectivity index is 1.93. The third-order valence-electron chi connectivity index (χ3n) is 3.33. The van der Waals surface area contributed by atoms with Crippen LogP contribution in [0, 0.1) is 0 Å². The highest BCUT2D eigenvalue weighted by Crippen LogP contribution is 2.54. The Morgan fingerprint density at radius 3 is 2.82 bits per heavy atom. The monoisotopic (exact) mass is 317 g/mol. The molecular formula is C13H10F3NO5. The van der Waals surface area contributed by atoms with Crippen LogP contribution in [0.4, 0.5) is 18.9 Å². The molecule has 6 nitrogen and oxygen atoms in total. The number of benzene rings is 1. The Kier molecular flexibility index (Phi) is 3.06. The third kappa shape index (κ3) is 2.17. The largest absolute Gasteiger partial charge is 0.573 e. The highest BCUT2D eigenvalue weighted by Gasteiger charge is 2.71. The molecule has 1 fully saturated rings. The first-order chi connectivity index (χ1) is 10.3. The van der Waals surface area contributed by atoms with Crippen LogP contribution in [0.1, 0.15) is 12.5 Å². The number of carbonyl (C=O) groups excluding carboxylic acids is 2. The molecule has 2 aliphatic rings. The number of ether oxygens (including phenoxy) is 3. The van der Waals surface area contributed by atoms with Gasteiger partial charge in [0.1, 0.15) is 5.75 Å².